The van der Waals surface area contributed by atoms with Gasteiger partial charge in [-0.05, 0) is 19.2 Å². The summed E-state index contributed by atoms with van der Waals surface area (Å²) in [5.74, 6) is 0.789. The summed E-state index contributed by atoms with van der Waals surface area (Å²) in [5.41, 5.74) is 0. The molecule has 0 aliphatic heterocycles. The van der Waals surface area contributed by atoms with Gasteiger partial charge in [0.25, 0.3) is 0 Å². The quantitative estimate of drug-likeness (QED) is 0.700. The molecule has 0 aromatic heterocycles. The van der Waals surface area contributed by atoms with E-state index in [0.717, 1.165) is 5.75 Å². The van der Waals surface area contributed by atoms with E-state index in [1.807, 2.05) is 30.3 Å². The van der Waals surface area contributed by atoms with E-state index < -0.39 is 6.10 Å². The maximum absolute atomic E-state index is 9.32. The topological polar surface area (TPSA) is 41.5 Å². The number of aliphatic hydroxyl groups is 1. The Morgan fingerprint density at radius 2 is 2.08 bits per heavy atom. The van der Waals surface area contributed by atoms with Crippen LogP contribution in [0.1, 0.15) is 0 Å². The molecule has 0 fully saturated rings. The maximum Gasteiger partial charge on any atom is 0.119 e. The highest BCUT2D eigenvalue weighted by atomic mass is 16.5. The number of hydrogen-bond acceptors (Lipinski definition) is 3. The molecule has 1 aromatic carbocycles. The number of nitrogens with one attached hydrogen (secondary N) is 1. The van der Waals surface area contributed by atoms with Crippen molar-refractivity contribution in [3.05, 3.63) is 30.3 Å². The van der Waals surface area contributed by atoms with E-state index in [1.165, 1.54) is 0 Å². The lowest BCUT2D eigenvalue weighted by Crippen LogP contribution is -2.29. The van der Waals surface area contributed by atoms with E-state index in [-0.39, 0.29) is 0 Å². The molecule has 0 heterocycles. The van der Waals surface area contributed by atoms with Gasteiger partial charge >= 0.3 is 0 Å². The maximum atomic E-state index is 9.32. The molecule has 0 amide bonds. The number of benzene rings is 1. The number of aliphatic hydroxyl groups excluding tert-OH is 1. The third-order valence-electron chi connectivity index (χ3n) is 1.63. The number of rotatable bonds is 5. The lowest BCUT2D eigenvalue weighted by molar-refractivity contribution is 0.108. The highest BCUT2D eigenvalue weighted by molar-refractivity contribution is 5.20. The van der Waals surface area contributed by atoms with Crippen LogP contribution in [0.15, 0.2) is 30.3 Å². The second-order valence-corrected chi connectivity index (χ2v) is 2.84. The van der Waals surface area contributed by atoms with Crippen LogP contribution in [0.4, 0.5) is 0 Å². The summed E-state index contributed by atoms with van der Waals surface area (Å²) < 4.78 is 5.33. The first-order valence-corrected chi connectivity index (χ1v) is 4.33. The van der Waals surface area contributed by atoms with E-state index in [1.54, 1.807) is 7.05 Å². The van der Waals surface area contributed by atoms with Crippen LogP contribution in [0.5, 0.6) is 5.75 Å². The smallest absolute Gasteiger partial charge is 0.119 e. The molecule has 0 aliphatic rings. The Bertz CT molecular complexity index is 226. The van der Waals surface area contributed by atoms with E-state index in [0.29, 0.717) is 13.2 Å². The van der Waals surface area contributed by atoms with Gasteiger partial charge in [-0.15, -0.1) is 0 Å². The summed E-state index contributed by atoms with van der Waals surface area (Å²) in [6, 6.07) is 9.47. The first-order valence-electron chi connectivity index (χ1n) is 4.33. The largest absolute Gasteiger partial charge is 0.491 e. The molecule has 1 atom stereocenters. The molecular weight excluding hydrogens is 166 g/mol. The fraction of sp³-hybridized carbons (Fsp3) is 0.400. The van der Waals surface area contributed by atoms with Gasteiger partial charge in [0, 0.05) is 6.54 Å². The Balaban J connectivity index is 2.27. The SMILES string of the molecule is CNC[C@@H](O)COc1ccccc1. The fourth-order valence-electron chi connectivity index (χ4n) is 1.00. The van der Waals surface area contributed by atoms with Gasteiger partial charge in [0.05, 0.1) is 0 Å². The van der Waals surface area contributed by atoms with Crippen molar-refractivity contribution in [3.63, 3.8) is 0 Å². The van der Waals surface area contributed by atoms with Gasteiger partial charge in [0.15, 0.2) is 0 Å². The molecule has 2 N–H and O–H groups in total. The predicted molar refractivity (Wildman–Crippen MR) is 51.9 cm³/mol. The van der Waals surface area contributed by atoms with Crippen molar-refractivity contribution >= 4 is 0 Å². The molecule has 0 spiro atoms. The highest BCUT2D eigenvalue weighted by Crippen LogP contribution is 2.08. The zero-order valence-electron chi connectivity index (χ0n) is 7.73. The summed E-state index contributed by atoms with van der Waals surface area (Å²) in [5, 5.41) is 12.2. The molecule has 72 valence electrons. The Morgan fingerprint density at radius 1 is 1.38 bits per heavy atom. The molecule has 3 heteroatoms. The number of hydrogen-bond donors (Lipinski definition) is 2. The van der Waals surface area contributed by atoms with Crippen LogP contribution < -0.4 is 10.1 Å². The van der Waals surface area contributed by atoms with Gasteiger partial charge in [-0.3, -0.25) is 0 Å². The first kappa shape index (κ1) is 10.0. The van der Waals surface area contributed by atoms with Gasteiger partial charge in [0.2, 0.25) is 0 Å². The summed E-state index contributed by atoms with van der Waals surface area (Å²) in [6.45, 7) is 0.873. The minimum absolute atomic E-state index is 0.324. The lowest BCUT2D eigenvalue weighted by Gasteiger charge is -2.11. The standard InChI is InChI=1S/C10H15NO2/c1-11-7-9(12)8-13-10-5-3-2-4-6-10/h2-6,9,11-12H,7-8H2,1H3/t9-/m1/s1. The molecule has 0 saturated carbocycles. The van der Waals surface area contributed by atoms with Crippen LogP contribution in [0.25, 0.3) is 0 Å². The van der Waals surface area contributed by atoms with E-state index in [4.69, 9.17) is 4.74 Å². The Hall–Kier alpha value is -1.06. The van der Waals surface area contributed by atoms with Crippen molar-refractivity contribution in [2.24, 2.45) is 0 Å². The van der Waals surface area contributed by atoms with Gasteiger partial charge in [-0.2, -0.15) is 0 Å². The Kier molecular flexibility index (Phi) is 4.29. The van der Waals surface area contributed by atoms with Crippen LogP contribution in [-0.4, -0.2) is 31.4 Å². The molecule has 0 aliphatic carbocycles. The summed E-state index contributed by atoms with van der Waals surface area (Å²) in [7, 11) is 1.80. The van der Waals surface area contributed by atoms with Crippen LogP contribution in [0.3, 0.4) is 0 Å². The third kappa shape index (κ3) is 3.92. The summed E-state index contributed by atoms with van der Waals surface area (Å²) in [6.07, 6.45) is -0.454. The molecular formula is C10H15NO2. The minimum atomic E-state index is -0.454. The fourth-order valence-corrected chi connectivity index (χ4v) is 1.00. The number of para-hydroxylation sites is 1. The molecule has 3 nitrogen and oxygen atoms in total. The van der Waals surface area contributed by atoms with Gasteiger partial charge in [0.1, 0.15) is 18.5 Å². The normalized spacial score (nSPS) is 12.5. The Morgan fingerprint density at radius 3 is 2.69 bits per heavy atom. The molecule has 1 rings (SSSR count). The summed E-state index contributed by atoms with van der Waals surface area (Å²) >= 11 is 0. The second-order valence-electron chi connectivity index (χ2n) is 2.84. The Labute approximate surface area is 78.3 Å². The summed E-state index contributed by atoms with van der Waals surface area (Å²) in [4.78, 5) is 0. The van der Waals surface area contributed by atoms with Crippen molar-refractivity contribution in [2.75, 3.05) is 20.2 Å². The lowest BCUT2D eigenvalue weighted by atomic mass is 10.3. The van der Waals surface area contributed by atoms with Gasteiger partial charge < -0.3 is 15.2 Å². The molecule has 13 heavy (non-hydrogen) atoms. The van der Waals surface area contributed by atoms with Crippen molar-refractivity contribution in [1.29, 1.82) is 0 Å². The second kappa shape index (κ2) is 5.56. The molecule has 0 saturated heterocycles. The molecule has 0 radical (unpaired) electrons. The van der Waals surface area contributed by atoms with E-state index in [2.05, 4.69) is 5.32 Å². The van der Waals surface area contributed by atoms with Gasteiger partial charge in [-0.1, -0.05) is 18.2 Å². The van der Waals surface area contributed by atoms with Gasteiger partial charge in [-0.25, -0.2) is 0 Å². The zero-order valence-corrected chi connectivity index (χ0v) is 7.73. The van der Waals surface area contributed by atoms with Crippen LogP contribution in [0.2, 0.25) is 0 Å². The average Bonchev–Trinajstić information content (AvgIpc) is 2.17. The average molecular weight is 181 g/mol. The van der Waals surface area contributed by atoms with E-state index in [9.17, 15) is 5.11 Å². The molecule has 0 bridgehead atoms. The van der Waals surface area contributed by atoms with Crippen molar-refractivity contribution in [3.8, 4) is 5.75 Å². The zero-order chi connectivity index (χ0) is 9.52. The van der Waals surface area contributed by atoms with Crippen molar-refractivity contribution in [2.45, 2.75) is 6.10 Å². The van der Waals surface area contributed by atoms with Crippen molar-refractivity contribution < 1.29 is 9.84 Å². The van der Waals surface area contributed by atoms with Crippen LogP contribution in [-0.2, 0) is 0 Å². The third-order valence-corrected chi connectivity index (χ3v) is 1.63. The number of likely N-dealkylation sites (N-methyl/N-ethyl adjacent to an activating group) is 1. The first-order chi connectivity index (χ1) is 6.33. The number of ether oxygens (including phenoxy) is 1. The van der Waals surface area contributed by atoms with E-state index >= 15 is 0 Å². The monoisotopic (exact) mass is 181 g/mol. The van der Waals surface area contributed by atoms with Crippen LogP contribution in [0, 0.1) is 0 Å². The molecule has 1 aromatic rings. The molecule has 0 unspecified atom stereocenters. The van der Waals surface area contributed by atoms with Crippen molar-refractivity contribution in [1.82, 2.24) is 5.32 Å². The highest BCUT2D eigenvalue weighted by Gasteiger charge is 2.02. The predicted octanol–water partition coefficient (Wildman–Crippen LogP) is 0.646. The van der Waals surface area contributed by atoms with Crippen LogP contribution >= 0.6 is 0 Å². The minimum Gasteiger partial charge on any atom is -0.491 e.